The van der Waals surface area contributed by atoms with Crippen molar-refractivity contribution in [2.45, 2.75) is 0 Å². The molecule has 0 saturated carbocycles. The van der Waals surface area contributed by atoms with Gasteiger partial charge in [0, 0.05) is 17.2 Å². The Kier molecular flexibility index (Phi) is 4.58. The second-order valence-electron chi connectivity index (χ2n) is 3.22. The van der Waals surface area contributed by atoms with Crippen LogP contribution in [0.15, 0.2) is 30.3 Å². The first-order valence-corrected chi connectivity index (χ1v) is 5.72. The molecule has 1 N–H and O–H groups in total. The van der Waals surface area contributed by atoms with Crippen LogP contribution in [0, 0.1) is 0 Å². The summed E-state index contributed by atoms with van der Waals surface area (Å²) in [6.45, 7) is 0. The summed E-state index contributed by atoms with van der Waals surface area (Å²) < 4.78 is 31.0. The van der Waals surface area contributed by atoms with Crippen molar-refractivity contribution >= 4 is 78.0 Å². The first kappa shape index (κ1) is 14.9. The molecule has 0 bridgehead atoms. The Labute approximate surface area is 140 Å². The third kappa shape index (κ3) is 2.82. The van der Waals surface area contributed by atoms with E-state index in [9.17, 15) is 18.0 Å². The summed E-state index contributed by atoms with van der Waals surface area (Å²) in [6, 6.07) is 5.73. The van der Waals surface area contributed by atoms with Gasteiger partial charge in [-0.25, -0.2) is 0 Å². The molecule has 1 aromatic rings. The molecule has 84 valence electrons. The molecule has 1 aliphatic rings. The van der Waals surface area contributed by atoms with Crippen LogP contribution in [0.1, 0.15) is 15.9 Å². The normalized spacial score (nSPS) is 14.8. The Bertz CT molecular complexity index is 630. The van der Waals surface area contributed by atoms with Crippen molar-refractivity contribution in [3.8, 4) is 0 Å². The molecule has 7 heteroatoms. The van der Waals surface area contributed by atoms with Crippen molar-refractivity contribution in [2.24, 2.45) is 0 Å². The van der Waals surface area contributed by atoms with Crippen LogP contribution in [-0.4, -0.2) is 75.9 Å². The second-order valence-corrected chi connectivity index (χ2v) is 4.61. The molecule has 0 radical (unpaired) electrons. The van der Waals surface area contributed by atoms with Gasteiger partial charge in [-0.15, -0.1) is 0 Å². The van der Waals surface area contributed by atoms with Gasteiger partial charge in [-0.05, 0) is 0 Å². The quantitative estimate of drug-likeness (QED) is 0.445. The molecule has 0 heterocycles. The minimum atomic E-state index is -4.51. The molecule has 1 aliphatic carbocycles. The molecular formula is C10H7KO5S. The van der Waals surface area contributed by atoms with Crippen LogP contribution in [-0.2, 0) is 14.9 Å². The molecule has 0 aromatic heterocycles. The van der Waals surface area contributed by atoms with Gasteiger partial charge in [0.1, 0.15) is 4.91 Å². The van der Waals surface area contributed by atoms with Gasteiger partial charge >= 0.3 is 51.4 Å². The fourth-order valence-corrected chi connectivity index (χ4v) is 2.22. The fraction of sp³-hybridized carbons (Fsp3) is 0. The summed E-state index contributed by atoms with van der Waals surface area (Å²) in [7, 11) is -4.51. The molecule has 2 rings (SSSR count). The van der Waals surface area contributed by atoms with E-state index in [1.165, 1.54) is 24.3 Å². The molecular weight excluding hydrogens is 271 g/mol. The predicted octanol–water partition coefficient (Wildman–Crippen LogP) is 0.0322. The van der Waals surface area contributed by atoms with Gasteiger partial charge in [0.15, 0.2) is 0 Å². The molecule has 17 heavy (non-hydrogen) atoms. The van der Waals surface area contributed by atoms with Crippen molar-refractivity contribution in [2.75, 3.05) is 0 Å². The number of carbonyl (C=O) groups is 2. The Hall–Kier alpha value is -0.154. The van der Waals surface area contributed by atoms with Gasteiger partial charge in [0.05, 0.1) is 0 Å². The van der Waals surface area contributed by atoms with Crippen molar-refractivity contribution in [1.29, 1.82) is 0 Å². The van der Waals surface area contributed by atoms with Gasteiger partial charge in [0.2, 0.25) is 11.6 Å². The zero-order valence-electron chi connectivity index (χ0n) is 7.88. The summed E-state index contributed by atoms with van der Waals surface area (Å²) >= 11 is 0. The van der Waals surface area contributed by atoms with Gasteiger partial charge in [-0.3, -0.25) is 14.1 Å². The van der Waals surface area contributed by atoms with E-state index < -0.39 is 26.6 Å². The molecule has 0 saturated heterocycles. The van der Waals surface area contributed by atoms with Crippen LogP contribution < -0.4 is 0 Å². The third-order valence-electron chi connectivity index (χ3n) is 2.20. The van der Waals surface area contributed by atoms with Crippen LogP contribution in [0.5, 0.6) is 0 Å². The summed E-state index contributed by atoms with van der Waals surface area (Å²) in [5.74, 6) is -1.73. The molecule has 0 atom stereocenters. The van der Waals surface area contributed by atoms with Crippen LogP contribution in [0.25, 0.3) is 4.91 Å². The first-order chi connectivity index (χ1) is 7.41. The molecule has 1 aromatic carbocycles. The van der Waals surface area contributed by atoms with Crippen LogP contribution in [0.3, 0.4) is 0 Å². The Balaban J connectivity index is 0.00000144. The number of hydrogen-bond donors (Lipinski definition) is 1. The van der Waals surface area contributed by atoms with Crippen LogP contribution in [0.4, 0.5) is 0 Å². The summed E-state index contributed by atoms with van der Waals surface area (Å²) in [4.78, 5) is 22.1. The van der Waals surface area contributed by atoms with Crippen molar-refractivity contribution in [1.82, 2.24) is 0 Å². The fourth-order valence-electron chi connectivity index (χ4n) is 1.50. The maximum absolute atomic E-state index is 11.4. The van der Waals surface area contributed by atoms with Crippen LogP contribution >= 0.6 is 0 Å². The predicted molar refractivity (Wildman–Crippen MR) is 62.5 cm³/mol. The van der Waals surface area contributed by atoms with Crippen molar-refractivity contribution in [3.63, 3.8) is 0 Å². The van der Waals surface area contributed by atoms with E-state index in [-0.39, 0.29) is 62.5 Å². The molecule has 0 amide bonds. The van der Waals surface area contributed by atoms with E-state index >= 15 is 0 Å². The average molecular weight is 278 g/mol. The Morgan fingerprint density at radius 3 is 2.06 bits per heavy atom. The number of hydrogen-bond acceptors (Lipinski definition) is 4. The van der Waals surface area contributed by atoms with Gasteiger partial charge in [0.25, 0.3) is 10.1 Å². The zero-order chi connectivity index (χ0) is 11.9. The minimum absolute atomic E-state index is 0. The molecule has 0 fully saturated rings. The number of benzene rings is 1. The average Bonchev–Trinajstić information content (AvgIpc) is 2.22. The number of fused-ring (bicyclic) bond motifs is 1. The van der Waals surface area contributed by atoms with E-state index in [0.717, 1.165) is 0 Å². The Morgan fingerprint density at radius 2 is 1.53 bits per heavy atom. The van der Waals surface area contributed by atoms with E-state index in [0.29, 0.717) is 6.08 Å². The number of allylic oxidation sites excluding steroid dienone is 1. The zero-order valence-corrected chi connectivity index (χ0v) is 8.69. The van der Waals surface area contributed by atoms with Gasteiger partial charge < -0.3 is 0 Å². The van der Waals surface area contributed by atoms with Crippen LogP contribution in [0.2, 0.25) is 0 Å². The number of Topliss-reactive ketones (excluding diaryl/α,β-unsaturated/α-hetero) is 1. The number of ketones is 2. The van der Waals surface area contributed by atoms with E-state index in [1.54, 1.807) is 0 Å². The third-order valence-corrected chi connectivity index (χ3v) is 3.09. The second kappa shape index (κ2) is 5.23. The van der Waals surface area contributed by atoms with E-state index in [1.807, 2.05) is 0 Å². The molecule has 0 spiro atoms. The SMILES string of the molecule is O=C1C=C(S(=O)(=O)O)c2ccccc2C1=O.[KH]. The molecule has 0 unspecified atom stereocenters. The first-order valence-electron chi connectivity index (χ1n) is 4.28. The molecule has 0 aliphatic heterocycles. The number of carbonyl (C=O) groups excluding carboxylic acids is 2. The summed E-state index contributed by atoms with van der Waals surface area (Å²) in [6.07, 6.45) is 0.639. The van der Waals surface area contributed by atoms with Gasteiger partial charge in [-0.1, -0.05) is 24.3 Å². The summed E-state index contributed by atoms with van der Waals surface area (Å²) in [5.41, 5.74) is 0.0391. The monoisotopic (exact) mass is 278 g/mol. The summed E-state index contributed by atoms with van der Waals surface area (Å²) in [5, 5.41) is 0. The van der Waals surface area contributed by atoms with Crippen molar-refractivity contribution < 1.29 is 22.6 Å². The number of rotatable bonds is 1. The standard InChI is InChI=1S/C10H6O5S.K.H/c11-8-5-9(16(13,14)15)6-3-1-2-4-7(6)10(8)12;;/h1-5H,(H,13,14,15);;. The van der Waals surface area contributed by atoms with E-state index in [2.05, 4.69) is 0 Å². The molecule has 5 nitrogen and oxygen atoms in total. The maximum atomic E-state index is 11.4. The Morgan fingerprint density at radius 1 is 1.00 bits per heavy atom. The topological polar surface area (TPSA) is 88.5 Å². The van der Waals surface area contributed by atoms with E-state index in [4.69, 9.17) is 4.55 Å². The van der Waals surface area contributed by atoms with Crippen molar-refractivity contribution in [3.05, 3.63) is 41.5 Å². The van der Waals surface area contributed by atoms with Gasteiger partial charge in [-0.2, -0.15) is 8.42 Å².